The number of hydrazone groups is 1. The summed E-state index contributed by atoms with van der Waals surface area (Å²) in [5.41, 5.74) is 3.61. The van der Waals surface area contributed by atoms with Crippen LogP contribution in [0, 0.1) is 10.1 Å². The van der Waals surface area contributed by atoms with E-state index in [0.717, 1.165) is 5.69 Å². The quantitative estimate of drug-likeness (QED) is 0.421. The number of amides is 1. The van der Waals surface area contributed by atoms with Crippen LogP contribution in [0.1, 0.15) is 5.56 Å². The molecule has 0 aromatic heterocycles. The van der Waals surface area contributed by atoms with Gasteiger partial charge in [-0.15, -0.1) is 0 Å². The fourth-order valence-corrected chi connectivity index (χ4v) is 2.94. The molecule has 1 amide bonds. The number of rotatable bonds is 7. The van der Waals surface area contributed by atoms with Crippen LogP contribution in [0.3, 0.4) is 0 Å². The van der Waals surface area contributed by atoms with Crippen molar-refractivity contribution in [3.8, 4) is 5.75 Å². The number of nitrogens with zero attached hydrogens (tertiary/aromatic N) is 3. The largest absolute Gasteiger partial charge is 0.484 e. The van der Waals surface area contributed by atoms with Crippen LogP contribution in [0.25, 0.3) is 0 Å². The summed E-state index contributed by atoms with van der Waals surface area (Å²) in [4.78, 5) is 24.6. The molecular formula is C19H19ClN4O5. The van der Waals surface area contributed by atoms with Crippen molar-refractivity contribution in [3.63, 3.8) is 0 Å². The number of carbonyl (C=O) groups excluding carboxylic acids is 1. The van der Waals surface area contributed by atoms with Crippen LogP contribution in [-0.4, -0.2) is 50.0 Å². The first-order chi connectivity index (χ1) is 14.0. The van der Waals surface area contributed by atoms with Gasteiger partial charge in [-0.2, -0.15) is 5.10 Å². The molecular weight excluding hydrogens is 400 g/mol. The fourth-order valence-electron chi connectivity index (χ4n) is 2.76. The molecule has 0 aliphatic carbocycles. The number of nitro benzene ring substituents is 1. The van der Waals surface area contributed by atoms with Gasteiger partial charge >= 0.3 is 0 Å². The minimum absolute atomic E-state index is 0.0564. The first kappa shape index (κ1) is 20.6. The lowest BCUT2D eigenvalue weighted by molar-refractivity contribution is -0.384. The Morgan fingerprint density at radius 2 is 2.10 bits per heavy atom. The Kier molecular flexibility index (Phi) is 6.99. The third kappa shape index (κ3) is 5.90. The van der Waals surface area contributed by atoms with Crippen LogP contribution < -0.4 is 15.1 Å². The van der Waals surface area contributed by atoms with Crippen molar-refractivity contribution in [1.29, 1.82) is 0 Å². The van der Waals surface area contributed by atoms with Crippen LogP contribution in [0.5, 0.6) is 5.75 Å². The molecule has 9 nitrogen and oxygen atoms in total. The van der Waals surface area contributed by atoms with E-state index in [1.165, 1.54) is 18.3 Å². The molecule has 29 heavy (non-hydrogen) atoms. The Hall–Kier alpha value is -3.17. The number of hydrogen-bond donors (Lipinski definition) is 1. The van der Waals surface area contributed by atoms with Crippen LogP contribution in [0.4, 0.5) is 11.4 Å². The number of nitrogens with one attached hydrogen (secondary N) is 1. The summed E-state index contributed by atoms with van der Waals surface area (Å²) in [6, 6.07) is 11.2. The molecule has 1 N–H and O–H groups in total. The minimum Gasteiger partial charge on any atom is -0.484 e. The lowest BCUT2D eigenvalue weighted by atomic mass is 10.1. The number of carbonyl (C=O) groups is 1. The van der Waals surface area contributed by atoms with Crippen molar-refractivity contribution in [2.75, 3.05) is 37.8 Å². The smallest absolute Gasteiger partial charge is 0.277 e. The van der Waals surface area contributed by atoms with E-state index in [2.05, 4.69) is 15.4 Å². The number of anilines is 1. The van der Waals surface area contributed by atoms with Crippen molar-refractivity contribution in [2.45, 2.75) is 0 Å². The lowest BCUT2D eigenvalue weighted by Crippen LogP contribution is -2.36. The zero-order valence-corrected chi connectivity index (χ0v) is 16.2. The van der Waals surface area contributed by atoms with Crippen molar-refractivity contribution in [3.05, 3.63) is 63.2 Å². The van der Waals surface area contributed by atoms with Gasteiger partial charge in [0.25, 0.3) is 11.6 Å². The Bertz CT molecular complexity index is 915. The molecule has 1 aliphatic rings. The summed E-state index contributed by atoms with van der Waals surface area (Å²) < 4.78 is 10.7. The highest BCUT2D eigenvalue weighted by molar-refractivity contribution is 6.30. The van der Waals surface area contributed by atoms with Gasteiger partial charge in [0.1, 0.15) is 5.75 Å². The van der Waals surface area contributed by atoms with Crippen LogP contribution in [0.2, 0.25) is 5.02 Å². The number of ether oxygens (including phenoxy) is 2. The Morgan fingerprint density at radius 1 is 1.31 bits per heavy atom. The molecule has 2 aromatic carbocycles. The molecule has 0 saturated carbocycles. The molecule has 1 aliphatic heterocycles. The topological polar surface area (TPSA) is 106 Å². The number of halogens is 1. The monoisotopic (exact) mass is 418 g/mol. The Balaban J connectivity index is 1.65. The van der Waals surface area contributed by atoms with E-state index < -0.39 is 10.8 Å². The molecule has 2 aromatic rings. The number of nitro groups is 1. The molecule has 1 heterocycles. The van der Waals surface area contributed by atoms with Gasteiger partial charge in [-0.05, 0) is 24.3 Å². The highest BCUT2D eigenvalue weighted by Crippen LogP contribution is 2.25. The third-order valence-electron chi connectivity index (χ3n) is 4.13. The van der Waals surface area contributed by atoms with Crippen molar-refractivity contribution < 1.29 is 19.2 Å². The maximum absolute atomic E-state index is 11.9. The molecule has 152 valence electrons. The van der Waals surface area contributed by atoms with Crippen LogP contribution in [-0.2, 0) is 9.53 Å². The summed E-state index contributed by atoms with van der Waals surface area (Å²) in [6.07, 6.45) is 1.38. The highest BCUT2D eigenvalue weighted by Gasteiger charge is 2.17. The zero-order chi connectivity index (χ0) is 20.6. The van der Waals surface area contributed by atoms with Gasteiger partial charge in [-0.1, -0.05) is 17.7 Å². The van der Waals surface area contributed by atoms with E-state index >= 15 is 0 Å². The molecule has 3 rings (SSSR count). The molecule has 0 unspecified atom stereocenters. The van der Waals surface area contributed by atoms with Crippen molar-refractivity contribution in [2.24, 2.45) is 5.10 Å². The molecule has 0 radical (unpaired) electrons. The first-order valence-corrected chi connectivity index (χ1v) is 9.22. The zero-order valence-electron chi connectivity index (χ0n) is 15.4. The highest BCUT2D eigenvalue weighted by atomic mass is 35.5. The molecule has 0 spiro atoms. The summed E-state index contributed by atoms with van der Waals surface area (Å²) in [5, 5.41) is 15.5. The van der Waals surface area contributed by atoms with Gasteiger partial charge in [0, 0.05) is 41.5 Å². The number of non-ortho nitro benzene ring substituents is 1. The van der Waals surface area contributed by atoms with Crippen LogP contribution in [0.15, 0.2) is 47.6 Å². The molecule has 0 atom stereocenters. The number of benzene rings is 2. The van der Waals surface area contributed by atoms with E-state index in [1.54, 1.807) is 30.3 Å². The standard InChI is InChI=1S/C19H19ClN4O5/c20-15-2-1-3-17(11-15)29-13-19(25)22-21-12-14-10-16(24(26)27)4-5-18(14)23-6-8-28-9-7-23/h1-5,10-12H,6-9,13H2,(H,22,25)/b21-12+. The summed E-state index contributed by atoms with van der Waals surface area (Å²) in [7, 11) is 0. The van der Waals surface area contributed by atoms with Gasteiger partial charge in [-0.25, -0.2) is 5.43 Å². The second-order valence-electron chi connectivity index (χ2n) is 6.14. The number of hydrogen-bond acceptors (Lipinski definition) is 7. The van der Waals surface area contributed by atoms with E-state index in [4.69, 9.17) is 21.1 Å². The average molecular weight is 419 g/mol. The Labute approximate surface area is 172 Å². The minimum atomic E-state index is -0.474. The fraction of sp³-hybridized carbons (Fsp3) is 0.263. The lowest BCUT2D eigenvalue weighted by Gasteiger charge is -2.29. The normalized spacial score (nSPS) is 14.0. The second-order valence-corrected chi connectivity index (χ2v) is 6.58. The van der Waals surface area contributed by atoms with E-state index in [1.807, 2.05) is 0 Å². The SMILES string of the molecule is O=C(COc1cccc(Cl)c1)N/N=C/c1cc([N+](=O)[O-])ccc1N1CCOCC1. The summed E-state index contributed by atoms with van der Waals surface area (Å²) in [5.74, 6) is -0.00973. The van der Waals surface area contributed by atoms with Gasteiger partial charge in [0.2, 0.25) is 0 Å². The molecule has 0 bridgehead atoms. The summed E-state index contributed by atoms with van der Waals surface area (Å²) in [6.45, 7) is 2.23. The van der Waals surface area contributed by atoms with Crippen LogP contribution >= 0.6 is 11.6 Å². The molecule has 1 fully saturated rings. The predicted molar refractivity (Wildman–Crippen MR) is 109 cm³/mol. The molecule has 1 saturated heterocycles. The van der Waals surface area contributed by atoms with Gasteiger partial charge < -0.3 is 14.4 Å². The van der Waals surface area contributed by atoms with Crippen molar-refractivity contribution in [1.82, 2.24) is 5.43 Å². The maximum Gasteiger partial charge on any atom is 0.277 e. The second kappa shape index (κ2) is 9.85. The van der Waals surface area contributed by atoms with Gasteiger partial charge in [0.05, 0.1) is 24.4 Å². The van der Waals surface area contributed by atoms with E-state index in [9.17, 15) is 14.9 Å². The van der Waals surface area contributed by atoms with E-state index in [0.29, 0.717) is 42.6 Å². The third-order valence-corrected chi connectivity index (χ3v) is 4.37. The molecule has 10 heteroatoms. The first-order valence-electron chi connectivity index (χ1n) is 8.84. The van der Waals surface area contributed by atoms with Gasteiger partial charge in [-0.3, -0.25) is 14.9 Å². The number of morpholine rings is 1. The maximum atomic E-state index is 11.9. The summed E-state index contributed by atoms with van der Waals surface area (Å²) >= 11 is 5.86. The van der Waals surface area contributed by atoms with E-state index in [-0.39, 0.29) is 12.3 Å². The average Bonchev–Trinajstić information content (AvgIpc) is 2.73. The Morgan fingerprint density at radius 3 is 2.83 bits per heavy atom. The van der Waals surface area contributed by atoms with Crippen molar-refractivity contribution >= 4 is 35.1 Å². The predicted octanol–water partition coefficient (Wildman–Crippen LogP) is 2.61. The van der Waals surface area contributed by atoms with Gasteiger partial charge in [0.15, 0.2) is 6.61 Å².